The van der Waals surface area contributed by atoms with Gasteiger partial charge in [0.25, 0.3) is 0 Å². The molecule has 3 rings (SSSR count). The molecule has 0 radical (unpaired) electrons. The van der Waals surface area contributed by atoms with Gasteiger partial charge in [-0.1, -0.05) is 26.0 Å². The summed E-state index contributed by atoms with van der Waals surface area (Å²) in [6.45, 7) is 16.4. The van der Waals surface area contributed by atoms with Crippen molar-refractivity contribution in [2.45, 2.75) is 39.8 Å². The van der Waals surface area contributed by atoms with Gasteiger partial charge in [0, 0.05) is 51.0 Å². The number of ether oxygens (including phenoxy) is 2. The maximum atomic E-state index is 5.55. The number of halogens is 1. The molecule has 1 unspecified atom stereocenters. The third-order valence-corrected chi connectivity index (χ3v) is 5.89. The molecular formula is C24H42IN5O2. The largest absolute Gasteiger partial charge is 0.379 e. The molecule has 0 amide bonds. The van der Waals surface area contributed by atoms with E-state index < -0.39 is 0 Å². The SMILES string of the molecule is CCNC(=NCc1ccc(N2CCOCC2)cc1)NCC(CC(C)C)N1CCOCC1.I. The van der Waals surface area contributed by atoms with Crippen LogP contribution < -0.4 is 15.5 Å². The van der Waals surface area contributed by atoms with E-state index in [0.29, 0.717) is 18.5 Å². The zero-order valence-corrected chi connectivity index (χ0v) is 22.3. The van der Waals surface area contributed by atoms with Gasteiger partial charge in [0.15, 0.2) is 5.96 Å². The predicted molar refractivity (Wildman–Crippen MR) is 143 cm³/mol. The van der Waals surface area contributed by atoms with Gasteiger partial charge >= 0.3 is 0 Å². The molecular weight excluding hydrogens is 517 g/mol. The van der Waals surface area contributed by atoms with E-state index >= 15 is 0 Å². The Morgan fingerprint density at radius 2 is 1.59 bits per heavy atom. The van der Waals surface area contributed by atoms with Gasteiger partial charge in [0.05, 0.1) is 33.0 Å². The van der Waals surface area contributed by atoms with Crippen LogP contribution in [0.3, 0.4) is 0 Å². The van der Waals surface area contributed by atoms with E-state index in [1.165, 1.54) is 17.7 Å². The third kappa shape index (κ3) is 9.03. The molecule has 0 aromatic heterocycles. The molecule has 2 N–H and O–H groups in total. The molecule has 7 nitrogen and oxygen atoms in total. The lowest BCUT2D eigenvalue weighted by molar-refractivity contribution is 0.0132. The van der Waals surface area contributed by atoms with Gasteiger partial charge in [-0.15, -0.1) is 24.0 Å². The Labute approximate surface area is 211 Å². The van der Waals surface area contributed by atoms with E-state index in [1.807, 2.05) is 0 Å². The van der Waals surface area contributed by atoms with E-state index in [9.17, 15) is 0 Å². The number of anilines is 1. The lowest BCUT2D eigenvalue weighted by atomic mass is 10.0. The van der Waals surface area contributed by atoms with E-state index in [4.69, 9.17) is 14.5 Å². The number of aliphatic imine (C=N–C) groups is 1. The quantitative estimate of drug-likeness (QED) is 0.276. The molecule has 2 aliphatic heterocycles. The summed E-state index contributed by atoms with van der Waals surface area (Å²) in [5.41, 5.74) is 2.49. The number of hydrogen-bond donors (Lipinski definition) is 2. The molecule has 1 aromatic rings. The van der Waals surface area contributed by atoms with Gasteiger partial charge in [0.2, 0.25) is 0 Å². The minimum absolute atomic E-state index is 0. The van der Waals surface area contributed by atoms with Crippen molar-refractivity contribution in [2.75, 3.05) is 70.6 Å². The normalized spacial score (nSPS) is 18.9. The average Bonchev–Trinajstić information content (AvgIpc) is 2.81. The molecule has 2 aliphatic rings. The molecule has 2 heterocycles. The van der Waals surface area contributed by atoms with Crippen LogP contribution in [0.5, 0.6) is 0 Å². The Balaban J connectivity index is 0.00000363. The maximum absolute atomic E-state index is 5.55. The zero-order valence-electron chi connectivity index (χ0n) is 20.0. The smallest absolute Gasteiger partial charge is 0.191 e. The van der Waals surface area contributed by atoms with Gasteiger partial charge in [-0.25, -0.2) is 4.99 Å². The summed E-state index contributed by atoms with van der Waals surface area (Å²) in [4.78, 5) is 9.78. The van der Waals surface area contributed by atoms with E-state index in [2.05, 4.69) is 65.5 Å². The number of hydrogen-bond acceptors (Lipinski definition) is 5. The summed E-state index contributed by atoms with van der Waals surface area (Å²) in [7, 11) is 0. The highest BCUT2D eigenvalue weighted by molar-refractivity contribution is 14.0. The molecule has 0 saturated carbocycles. The highest BCUT2D eigenvalue weighted by Gasteiger charge is 2.22. The second kappa shape index (κ2) is 14.9. The number of benzene rings is 1. The molecule has 8 heteroatoms. The van der Waals surface area contributed by atoms with Crippen LogP contribution in [0, 0.1) is 5.92 Å². The molecule has 2 saturated heterocycles. The van der Waals surface area contributed by atoms with Crippen LogP contribution in [0.25, 0.3) is 0 Å². The Morgan fingerprint density at radius 3 is 2.19 bits per heavy atom. The van der Waals surface area contributed by atoms with Crippen LogP contribution in [0.4, 0.5) is 5.69 Å². The molecule has 0 aliphatic carbocycles. The molecule has 0 spiro atoms. The highest BCUT2D eigenvalue weighted by Crippen LogP contribution is 2.17. The van der Waals surface area contributed by atoms with Crippen molar-refractivity contribution in [2.24, 2.45) is 10.9 Å². The average molecular weight is 560 g/mol. The number of guanidine groups is 1. The van der Waals surface area contributed by atoms with E-state index in [1.54, 1.807) is 0 Å². The van der Waals surface area contributed by atoms with E-state index in [-0.39, 0.29) is 24.0 Å². The molecule has 32 heavy (non-hydrogen) atoms. The van der Waals surface area contributed by atoms with Gasteiger partial charge in [-0.05, 0) is 37.0 Å². The fourth-order valence-electron chi connectivity index (χ4n) is 4.21. The molecule has 0 bridgehead atoms. The van der Waals surface area contributed by atoms with Crippen molar-refractivity contribution in [3.05, 3.63) is 29.8 Å². The van der Waals surface area contributed by atoms with Gasteiger partial charge in [-0.2, -0.15) is 0 Å². The summed E-state index contributed by atoms with van der Waals surface area (Å²) in [6.07, 6.45) is 1.18. The fourth-order valence-corrected chi connectivity index (χ4v) is 4.21. The Kier molecular flexibility index (Phi) is 12.7. The number of morpholine rings is 2. The van der Waals surface area contributed by atoms with Crippen LogP contribution in [0.1, 0.15) is 32.8 Å². The summed E-state index contributed by atoms with van der Waals surface area (Å²) < 4.78 is 11.0. The summed E-state index contributed by atoms with van der Waals surface area (Å²) in [5, 5.41) is 6.99. The van der Waals surface area contributed by atoms with Crippen LogP contribution >= 0.6 is 24.0 Å². The lowest BCUT2D eigenvalue weighted by Crippen LogP contribution is -2.51. The van der Waals surface area contributed by atoms with Crippen LogP contribution in [0.15, 0.2) is 29.3 Å². The first-order valence-electron chi connectivity index (χ1n) is 11.9. The second-order valence-electron chi connectivity index (χ2n) is 8.77. The monoisotopic (exact) mass is 559 g/mol. The Hall–Kier alpha value is -1.10. The Morgan fingerprint density at radius 1 is 0.969 bits per heavy atom. The topological polar surface area (TPSA) is 61.4 Å². The minimum Gasteiger partial charge on any atom is -0.379 e. The van der Waals surface area contributed by atoms with E-state index in [0.717, 1.165) is 71.7 Å². The van der Waals surface area contributed by atoms with Gasteiger partial charge < -0.3 is 25.0 Å². The standard InChI is InChI=1S/C24H41N5O2.HI/c1-4-25-24(27-19-23(17-20(2)3)29-11-15-31-16-12-29)26-18-21-5-7-22(8-6-21)28-9-13-30-14-10-28;/h5-8,20,23H,4,9-19H2,1-3H3,(H2,25,26,27);1H. The zero-order chi connectivity index (χ0) is 21.9. The first-order chi connectivity index (χ1) is 15.2. The van der Waals surface area contributed by atoms with Crippen molar-refractivity contribution >= 4 is 35.6 Å². The summed E-state index contributed by atoms with van der Waals surface area (Å²) in [6, 6.07) is 9.28. The predicted octanol–water partition coefficient (Wildman–Crippen LogP) is 2.94. The molecule has 1 atom stereocenters. The summed E-state index contributed by atoms with van der Waals surface area (Å²) in [5.74, 6) is 1.56. The summed E-state index contributed by atoms with van der Waals surface area (Å²) >= 11 is 0. The molecule has 2 fully saturated rings. The fraction of sp³-hybridized carbons (Fsp3) is 0.708. The van der Waals surface area contributed by atoms with Crippen molar-refractivity contribution < 1.29 is 9.47 Å². The van der Waals surface area contributed by atoms with Crippen molar-refractivity contribution in [3.8, 4) is 0 Å². The number of nitrogens with zero attached hydrogens (tertiary/aromatic N) is 3. The Bertz CT molecular complexity index is 659. The van der Waals surface area contributed by atoms with Gasteiger partial charge in [0.1, 0.15) is 0 Å². The van der Waals surface area contributed by atoms with Crippen LogP contribution in [-0.2, 0) is 16.0 Å². The van der Waals surface area contributed by atoms with Crippen LogP contribution in [-0.4, -0.2) is 82.6 Å². The highest BCUT2D eigenvalue weighted by atomic mass is 127. The third-order valence-electron chi connectivity index (χ3n) is 5.89. The van der Waals surface area contributed by atoms with Crippen molar-refractivity contribution in [1.29, 1.82) is 0 Å². The van der Waals surface area contributed by atoms with Crippen LogP contribution in [0.2, 0.25) is 0 Å². The first kappa shape index (κ1) is 27.1. The molecule has 1 aromatic carbocycles. The number of nitrogens with one attached hydrogen (secondary N) is 2. The minimum atomic E-state index is 0. The van der Waals surface area contributed by atoms with Gasteiger partial charge in [-0.3, -0.25) is 4.90 Å². The van der Waals surface area contributed by atoms with Crippen molar-refractivity contribution in [3.63, 3.8) is 0 Å². The lowest BCUT2D eigenvalue weighted by Gasteiger charge is -2.35. The molecule has 182 valence electrons. The first-order valence-corrected chi connectivity index (χ1v) is 11.9. The number of rotatable bonds is 9. The van der Waals surface area contributed by atoms with Crippen molar-refractivity contribution in [1.82, 2.24) is 15.5 Å². The second-order valence-corrected chi connectivity index (χ2v) is 8.77. The maximum Gasteiger partial charge on any atom is 0.191 e.